The molecule has 0 aliphatic heterocycles. The Morgan fingerprint density at radius 3 is 2.86 bits per heavy atom. The van der Waals surface area contributed by atoms with Crippen molar-refractivity contribution in [2.24, 2.45) is 5.92 Å². The summed E-state index contributed by atoms with van der Waals surface area (Å²) in [6.07, 6.45) is 6.33. The summed E-state index contributed by atoms with van der Waals surface area (Å²) < 4.78 is 4.99. The van der Waals surface area contributed by atoms with Crippen LogP contribution in [0.2, 0.25) is 0 Å². The third-order valence-corrected chi connectivity index (χ3v) is 3.28. The molecule has 0 aromatic heterocycles. The maximum atomic E-state index is 11.9. The second-order valence-electron chi connectivity index (χ2n) is 4.80. The molecule has 1 aromatic carbocycles. The molecule has 0 radical (unpaired) electrons. The number of nitro groups is 1. The Kier molecular flexibility index (Phi) is 4.81. The number of Topliss-reactive ketones (excluding diaryl/α,β-unsaturated/α-hetero) is 1. The summed E-state index contributed by atoms with van der Waals surface area (Å²) in [4.78, 5) is 33.7. The highest BCUT2D eigenvalue weighted by atomic mass is 16.6. The van der Waals surface area contributed by atoms with Gasteiger partial charge < -0.3 is 4.74 Å². The monoisotopic (exact) mass is 289 g/mol. The molecule has 0 heterocycles. The van der Waals surface area contributed by atoms with Gasteiger partial charge in [-0.25, -0.2) is 0 Å². The lowest BCUT2D eigenvalue weighted by molar-refractivity contribution is -0.384. The first kappa shape index (κ1) is 14.9. The van der Waals surface area contributed by atoms with E-state index < -0.39 is 23.3 Å². The van der Waals surface area contributed by atoms with Crippen LogP contribution in [0, 0.1) is 16.0 Å². The van der Waals surface area contributed by atoms with Gasteiger partial charge in [0.15, 0.2) is 6.61 Å². The molecular weight excluding hydrogens is 274 g/mol. The summed E-state index contributed by atoms with van der Waals surface area (Å²) in [7, 11) is 0. The van der Waals surface area contributed by atoms with Crippen molar-refractivity contribution in [3.8, 4) is 0 Å². The zero-order chi connectivity index (χ0) is 15.2. The number of non-ortho nitro benzene ring substituents is 1. The lowest BCUT2D eigenvalue weighted by Gasteiger charge is -2.14. The molecule has 1 aliphatic rings. The minimum absolute atomic E-state index is 0.163. The molecule has 6 heteroatoms. The highest BCUT2D eigenvalue weighted by Crippen LogP contribution is 2.18. The van der Waals surface area contributed by atoms with Crippen LogP contribution in [0.3, 0.4) is 0 Å². The van der Waals surface area contributed by atoms with E-state index in [-0.39, 0.29) is 17.2 Å². The average Bonchev–Trinajstić information content (AvgIpc) is 2.53. The third kappa shape index (κ3) is 3.98. The van der Waals surface area contributed by atoms with Gasteiger partial charge in [0.2, 0.25) is 5.78 Å². The van der Waals surface area contributed by atoms with Crippen molar-refractivity contribution in [3.63, 3.8) is 0 Å². The maximum absolute atomic E-state index is 11.9. The van der Waals surface area contributed by atoms with Crippen molar-refractivity contribution in [1.82, 2.24) is 0 Å². The lowest BCUT2D eigenvalue weighted by Crippen LogP contribution is -2.21. The Bertz CT molecular complexity index is 593. The van der Waals surface area contributed by atoms with Crippen LogP contribution < -0.4 is 0 Å². The lowest BCUT2D eigenvalue weighted by atomic mass is 9.96. The molecule has 0 spiro atoms. The first-order valence-corrected chi connectivity index (χ1v) is 6.69. The number of esters is 1. The van der Waals surface area contributed by atoms with E-state index in [1.165, 1.54) is 24.3 Å². The van der Waals surface area contributed by atoms with Gasteiger partial charge in [-0.1, -0.05) is 24.3 Å². The number of allylic oxidation sites excluding steroid dienone is 1. The number of nitro benzene ring substituents is 1. The number of ether oxygens (including phenoxy) is 1. The number of nitrogens with zero attached hydrogens (tertiary/aromatic N) is 1. The fourth-order valence-electron chi connectivity index (χ4n) is 2.13. The Morgan fingerprint density at radius 1 is 1.38 bits per heavy atom. The van der Waals surface area contributed by atoms with Crippen molar-refractivity contribution in [2.75, 3.05) is 6.61 Å². The van der Waals surface area contributed by atoms with Gasteiger partial charge >= 0.3 is 5.97 Å². The van der Waals surface area contributed by atoms with Gasteiger partial charge in [0, 0.05) is 17.7 Å². The molecule has 1 aromatic rings. The number of carbonyl (C=O) groups excluding carboxylic acids is 2. The van der Waals surface area contributed by atoms with Crippen molar-refractivity contribution in [2.45, 2.75) is 19.3 Å². The molecule has 0 unspecified atom stereocenters. The van der Waals surface area contributed by atoms with E-state index in [0.29, 0.717) is 0 Å². The average molecular weight is 289 g/mol. The van der Waals surface area contributed by atoms with E-state index in [2.05, 4.69) is 0 Å². The van der Waals surface area contributed by atoms with E-state index in [1.807, 2.05) is 6.08 Å². The van der Waals surface area contributed by atoms with Crippen LogP contribution in [-0.2, 0) is 9.53 Å². The summed E-state index contributed by atoms with van der Waals surface area (Å²) in [6, 6.07) is 5.37. The number of hydrogen-bond donors (Lipinski definition) is 0. The Hall–Kier alpha value is -2.50. The summed E-state index contributed by atoms with van der Waals surface area (Å²) in [5.41, 5.74) is -0.00132. The van der Waals surface area contributed by atoms with Gasteiger partial charge in [0.25, 0.3) is 5.69 Å². The third-order valence-electron chi connectivity index (χ3n) is 3.28. The molecule has 0 N–H and O–H groups in total. The van der Waals surface area contributed by atoms with Gasteiger partial charge in [-0.2, -0.15) is 0 Å². The fraction of sp³-hybridized carbons (Fsp3) is 0.333. The topological polar surface area (TPSA) is 86.5 Å². The Balaban J connectivity index is 1.94. The molecule has 21 heavy (non-hydrogen) atoms. The van der Waals surface area contributed by atoms with Crippen molar-refractivity contribution >= 4 is 17.4 Å². The van der Waals surface area contributed by atoms with Gasteiger partial charge in [-0.3, -0.25) is 19.7 Å². The first-order valence-electron chi connectivity index (χ1n) is 6.69. The summed E-state index contributed by atoms with van der Waals surface area (Å²) in [5.74, 6) is -1.17. The van der Waals surface area contributed by atoms with Crippen LogP contribution in [0.4, 0.5) is 5.69 Å². The molecule has 0 amide bonds. The van der Waals surface area contributed by atoms with Gasteiger partial charge in [-0.15, -0.1) is 0 Å². The minimum atomic E-state index is -0.574. The predicted molar refractivity (Wildman–Crippen MR) is 74.9 cm³/mol. The first-order chi connectivity index (χ1) is 10.1. The highest BCUT2D eigenvalue weighted by Gasteiger charge is 2.20. The molecule has 0 saturated heterocycles. The number of hydrogen-bond acceptors (Lipinski definition) is 5. The number of benzene rings is 1. The zero-order valence-corrected chi connectivity index (χ0v) is 11.4. The molecule has 6 nitrogen and oxygen atoms in total. The van der Waals surface area contributed by atoms with Crippen molar-refractivity contribution in [3.05, 3.63) is 52.1 Å². The molecule has 110 valence electrons. The second-order valence-corrected chi connectivity index (χ2v) is 4.80. The maximum Gasteiger partial charge on any atom is 0.313 e. The normalized spacial score (nSPS) is 17.2. The Morgan fingerprint density at radius 2 is 2.19 bits per heavy atom. The molecule has 0 fully saturated rings. The standard InChI is InChI=1S/C15H15NO5/c17-14(12-7-4-8-13(9-12)16(19)20)10-21-15(18)11-5-2-1-3-6-11/h2,4-5,7-9,11H,1,3,6,10H2/t11-/m0/s1. The fourth-order valence-corrected chi connectivity index (χ4v) is 2.13. The van der Waals surface area contributed by atoms with E-state index >= 15 is 0 Å². The van der Waals surface area contributed by atoms with E-state index in [4.69, 9.17) is 4.74 Å². The summed E-state index contributed by atoms with van der Waals surface area (Å²) in [5, 5.41) is 10.6. The quantitative estimate of drug-likeness (QED) is 0.273. The zero-order valence-electron chi connectivity index (χ0n) is 11.4. The second kappa shape index (κ2) is 6.78. The number of rotatable bonds is 5. The molecule has 1 aliphatic carbocycles. The summed E-state index contributed by atoms with van der Waals surface area (Å²) >= 11 is 0. The van der Waals surface area contributed by atoms with E-state index in [0.717, 1.165) is 19.3 Å². The smallest absolute Gasteiger partial charge is 0.313 e. The van der Waals surface area contributed by atoms with Crippen LogP contribution in [0.5, 0.6) is 0 Å². The Labute approximate surface area is 121 Å². The van der Waals surface area contributed by atoms with Gasteiger partial charge in [0.05, 0.1) is 10.8 Å². The van der Waals surface area contributed by atoms with Crippen LogP contribution in [-0.4, -0.2) is 23.3 Å². The molecule has 2 rings (SSSR count). The van der Waals surface area contributed by atoms with E-state index in [9.17, 15) is 19.7 Å². The molecule has 0 bridgehead atoms. The molecule has 1 atom stereocenters. The van der Waals surface area contributed by atoms with Gasteiger partial charge in [0.1, 0.15) is 0 Å². The summed E-state index contributed by atoms with van der Waals surface area (Å²) in [6.45, 7) is -0.398. The largest absolute Gasteiger partial charge is 0.457 e. The van der Waals surface area contributed by atoms with Gasteiger partial charge in [-0.05, 0) is 19.3 Å². The number of ketones is 1. The molecule has 0 saturated carbocycles. The van der Waals surface area contributed by atoms with Crippen molar-refractivity contribution < 1.29 is 19.2 Å². The minimum Gasteiger partial charge on any atom is -0.457 e. The predicted octanol–water partition coefficient (Wildman–Crippen LogP) is 2.68. The van der Waals surface area contributed by atoms with E-state index in [1.54, 1.807) is 6.08 Å². The highest BCUT2D eigenvalue weighted by molar-refractivity contribution is 5.98. The van der Waals surface area contributed by atoms with Crippen LogP contribution in [0.25, 0.3) is 0 Å². The van der Waals surface area contributed by atoms with Crippen LogP contribution in [0.15, 0.2) is 36.4 Å². The SMILES string of the molecule is O=C(COC(=O)[C@H]1C=CCCC1)c1cccc([N+](=O)[O-])c1. The van der Waals surface area contributed by atoms with Crippen molar-refractivity contribution in [1.29, 1.82) is 0 Å². The van der Waals surface area contributed by atoms with Crippen LogP contribution in [0.1, 0.15) is 29.6 Å². The van der Waals surface area contributed by atoms with Crippen LogP contribution >= 0.6 is 0 Å². The molecular formula is C15H15NO5. The number of carbonyl (C=O) groups is 2.